The molecule has 7 heteroatoms. The van der Waals surface area contributed by atoms with Crippen LogP contribution in [0.2, 0.25) is 0 Å². The van der Waals surface area contributed by atoms with Crippen molar-refractivity contribution in [2.45, 2.75) is 19.8 Å². The minimum absolute atomic E-state index is 0.0839. The average molecular weight is 318 g/mol. The lowest BCUT2D eigenvalue weighted by Crippen LogP contribution is -2.22. The van der Waals surface area contributed by atoms with Crippen molar-refractivity contribution in [2.75, 3.05) is 23.3 Å². The van der Waals surface area contributed by atoms with Crippen LogP contribution in [-0.4, -0.2) is 29.0 Å². The molecule has 1 aromatic heterocycles. The third kappa shape index (κ3) is 3.28. The highest BCUT2D eigenvalue weighted by atomic mass is 19.1. The second-order valence-electron chi connectivity index (χ2n) is 5.44. The summed E-state index contributed by atoms with van der Waals surface area (Å²) in [5, 5.41) is 2.41. The van der Waals surface area contributed by atoms with Gasteiger partial charge in [-0.05, 0) is 31.9 Å². The van der Waals surface area contributed by atoms with E-state index in [0.29, 0.717) is 11.6 Å². The fourth-order valence-corrected chi connectivity index (χ4v) is 2.53. The Bertz CT molecular complexity index is 745. The summed E-state index contributed by atoms with van der Waals surface area (Å²) < 4.78 is 26.5. The summed E-state index contributed by atoms with van der Waals surface area (Å²) in [6.07, 6.45) is 3.65. The molecule has 0 unspecified atom stereocenters. The van der Waals surface area contributed by atoms with Crippen molar-refractivity contribution in [1.29, 1.82) is 0 Å². The maximum absolute atomic E-state index is 13.6. The van der Waals surface area contributed by atoms with E-state index in [9.17, 15) is 13.6 Å². The lowest BCUT2D eigenvalue weighted by molar-refractivity contribution is 0.102. The number of anilines is 2. The van der Waals surface area contributed by atoms with Crippen LogP contribution in [0, 0.1) is 18.6 Å². The molecule has 2 aromatic rings. The van der Waals surface area contributed by atoms with Gasteiger partial charge in [-0.15, -0.1) is 0 Å². The van der Waals surface area contributed by atoms with E-state index in [1.165, 1.54) is 12.3 Å². The molecular formula is C16H16F2N4O. The Kier molecular flexibility index (Phi) is 4.18. The van der Waals surface area contributed by atoms with Gasteiger partial charge in [-0.3, -0.25) is 4.79 Å². The zero-order valence-corrected chi connectivity index (χ0v) is 12.6. The quantitative estimate of drug-likeness (QED) is 0.945. The van der Waals surface area contributed by atoms with Crippen LogP contribution in [0.5, 0.6) is 0 Å². The number of aromatic nitrogens is 2. The number of aryl methyl sites for hydroxylation is 1. The molecule has 1 aliphatic heterocycles. The van der Waals surface area contributed by atoms with Gasteiger partial charge in [0.15, 0.2) is 0 Å². The molecule has 1 aromatic carbocycles. The highest BCUT2D eigenvalue weighted by molar-refractivity contribution is 6.04. The van der Waals surface area contributed by atoms with Crippen LogP contribution in [0.25, 0.3) is 0 Å². The molecule has 1 saturated heterocycles. The van der Waals surface area contributed by atoms with E-state index in [2.05, 4.69) is 20.2 Å². The van der Waals surface area contributed by atoms with Crippen molar-refractivity contribution >= 4 is 17.5 Å². The summed E-state index contributed by atoms with van der Waals surface area (Å²) in [4.78, 5) is 22.9. The predicted octanol–water partition coefficient (Wildman–Crippen LogP) is 2.92. The van der Waals surface area contributed by atoms with Gasteiger partial charge in [0.1, 0.15) is 11.6 Å². The van der Waals surface area contributed by atoms with Crippen molar-refractivity contribution in [1.82, 2.24) is 9.97 Å². The van der Waals surface area contributed by atoms with E-state index in [1.807, 2.05) is 0 Å². The smallest absolute Gasteiger partial charge is 0.259 e. The van der Waals surface area contributed by atoms with Gasteiger partial charge in [-0.25, -0.2) is 18.7 Å². The molecule has 120 valence electrons. The maximum Gasteiger partial charge on any atom is 0.259 e. The zero-order valence-electron chi connectivity index (χ0n) is 12.6. The van der Waals surface area contributed by atoms with Gasteiger partial charge in [0.05, 0.1) is 16.9 Å². The largest absolute Gasteiger partial charge is 0.341 e. The minimum atomic E-state index is -0.828. The fourth-order valence-electron chi connectivity index (χ4n) is 2.53. The Morgan fingerprint density at radius 2 is 2.00 bits per heavy atom. The average Bonchev–Trinajstić information content (AvgIpc) is 3.04. The van der Waals surface area contributed by atoms with Crippen LogP contribution < -0.4 is 10.2 Å². The first kappa shape index (κ1) is 15.3. The molecule has 0 radical (unpaired) electrons. The predicted molar refractivity (Wildman–Crippen MR) is 82.5 cm³/mol. The van der Waals surface area contributed by atoms with Gasteiger partial charge in [0.2, 0.25) is 5.95 Å². The number of carbonyl (C=O) groups is 1. The molecular weight excluding hydrogens is 302 g/mol. The minimum Gasteiger partial charge on any atom is -0.341 e. The molecule has 1 aliphatic rings. The van der Waals surface area contributed by atoms with Gasteiger partial charge in [-0.1, -0.05) is 0 Å². The third-order valence-corrected chi connectivity index (χ3v) is 3.78. The number of nitrogens with one attached hydrogen (secondary N) is 1. The molecule has 0 saturated carbocycles. The highest BCUT2D eigenvalue weighted by Crippen LogP contribution is 2.19. The first-order valence-corrected chi connectivity index (χ1v) is 7.39. The van der Waals surface area contributed by atoms with Crippen LogP contribution >= 0.6 is 0 Å². The summed E-state index contributed by atoms with van der Waals surface area (Å²) in [7, 11) is 0. The number of rotatable bonds is 3. The van der Waals surface area contributed by atoms with Crippen molar-refractivity contribution in [2.24, 2.45) is 0 Å². The fraction of sp³-hybridized carbons (Fsp3) is 0.312. The normalized spacial score (nSPS) is 14.1. The highest BCUT2D eigenvalue weighted by Gasteiger charge is 2.18. The topological polar surface area (TPSA) is 58.1 Å². The molecule has 1 fully saturated rings. The summed E-state index contributed by atoms with van der Waals surface area (Å²) in [5.41, 5.74) is 0.693. The lowest BCUT2D eigenvalue weighted by atomic mass is 10.2. The lowest BCUT2D eigenvalue weighted by Gasteiger charge is -2.16. The first-order chi connectivity index (χ1) is 11.0. The Balaban J connectivity index is 1.79. The van der Waals surface area contributed by atoms with Gasteiger partial charge >= 0.3 is 0 Å². The van der Waals surface area contributed by atoms with Gasteiger partial charge < -0.3 is 10.2 Å². The van der Waals surface area contributed by atoms with Gasteiger partial charge in [-0.2, -0.15) is 0 Å². The number of halogens is 2. The number of nitrogens with zero attached hydrogens (tertiary/aromatic N) is 3. The van der Waals surface area contributed by atoms with Crippen LogP contribution in [0.3, 0.4) is 0 Å². The Hall–Kier alpha value is -2.57. The van der Waals surface area contributed by atoms with E-state index < -0.39 is 17.5 Å². The summed E-state index contributed by atoms with van der Waals surface area (Å²) in [6, 6.07) is 2.98. The van der Waals surface area contributed by atoms with Crippen LogP contribution in [-0.2, 0) is 0 Å². The molecule has 1 N–H and O–H groups in total. The Morgan fingerprint density at radius 1 is 1.26 bits per heavy atom. The Morgan fingerprint density at radius 3 is 2.65 bits per heavy atom. The summed E-state index contributed by atoms with van der Waals surface area (Å²) in [5.74, 6) is -1.45. The van der Waals surface area contributed by atoms with Crippen molar-refractivity contribution in [3.05, 3.63) is 47.3 Å². The first-order valence-electron chi connectivity index (χ1n) is 7.39. The number of hydrogen-bond acceptors (Lipinski definition) is 4. The molecule has 3 rings (SSSR count). The van der Waals surface area contributed by atoms with E-state index in [0.717, 1.165) is 38.1 Å². The number of benzene rings is 1. The number of amides is 1. The van der Waals surface area contributed by atoms with E-state index in [1.54, 1.807) is 6.92 Å². The van der Waals surface area contributed by atoms with E-state index in [4.69, 9.17) is 0 Å². The zero-order chi connectivity index (χ0) is 16.4. The van der Waals surface area contributed by atoms with Crippen molar-refractivity contribution in [3.63, 3.8) is 0 Å². The third-order valence-electron chi connectivity index (χ3n) is 3.78. The van der Waals surface area contributed by atoms with Crippen LogP contribution in [0.1, 0.15) is 28.9 Å². The van der Waals surface area contributed by atoms with Crippen molar-refractivity contribution in [3.8, 4) is 0 Å². The standard InChI is InChI=1S/C16H16F2N4O/c1-10-12(9-19-16(20-10)22-6-2-3-7-22)15(23)21-14-5-4-11(17)8-13(14)18/h4-5,8-9H,2-3,6-7H2,1H3,(H,21,23). The maximum atomic E-state index is 13.6. The molecule has 1 amide bonds. The second-order valence-corrected chi connectivity index (χ2v) is 5.44. The molecule has 2 heterocycles. The molecule has 0 bridgehead atoms. The SMILES string of the molecule is Cc1nc(N2CCCC2)ncc1C(=O)Nc1ccc(F)cc1F. The molecule has 0 spiro atoms. The Labute approximate surface area is 132 Å². The second kappa shape index (κ2) is 6.28. The van der Waals surface area contributed by atoms with E-state index in [-0.39, 0.29) is 11.3 Å². The van der Waals surface area contributed by atoms with E-state index >= 15 is 0 Å². The number of carbonyl (C=O) groups excluding carboxylic acids is 1. The molecule has 5 nitrogen and oxygen atoms in total. The number of hydrogen-bond donors (Lipinski definition) is 1. The molecule has 23 heavy (non-hydrogen) atoms. The van der Waals surface area contributed by atoms with Crippen LogP contribution in [0.4, 0.5) is 20.4 Å². The summed E-state index contributed by atoms with van der Waals surface area (Å²) in [6.45, 7) is 3.52. The molecule has 0 aliphatic carbocycles. The molecule has 0 atom stereocenters. The summed E-state index contributed by atoms with van der Waals surface area (Å²) >= 11 is 0. The van der Waals surface area contributed by atoms with Crippen LogP contribution in [0.15, 0.2) is 24.4 Å². The monoisotopic (exact) mass is 318 g/mol. The van der Waals surface area contributed by atoms with Gasteiger partial charge in [0, 0.05) is 25.4 Å². The van der Waals surface area contributed by atoms with Crippen molar-refractivity contribution < 1.29 is 13.6 Å². The van der Waals surface area contributed by atoms with Gasteiger partial charge in [0.25, 0.3) is 5.91 Å².